The van der Waals surface area contributed by atoms with Gasteiger partial charge in [0.2, 0.25) is 0 Å². The molecule has 0 radical (unpaired) electrons. The summed E-state index contributed by atoms with van der Waals surface area (Å²) >= 11 is 1.41. The van der Waals surface area contributed by atoms with Gasteiger partial charge in [0.15, 0.2) is 0 Å². The molecular formula is C16H21NO2S. The normalized spacial score (nSPS) is 15.8. The fraction of sp³-hybridized carbons (Fsp3) is 0.562. The number of amides is 1. The Kier molecular flexibility index (Phi) is 5.63. The van der Waals surface area contributed by atoms with Gasteiger partial charge in [-0.05, 0) is 30.9 Å². The summed E-state index contributed by atoms with van der Waals surface area (Å²) in [5, 5.41) is 8.67. The van der Waals surface area contributed by atoms with Crippen LogP contribution in [0.25, 0.3) is 0 Å². The fourth-order valence-electron chi connectivity index (χ4n) is 2.64. The number of hydrogen-bond acceptors (Lipinski definition) is 3. The Labute approximate surface area is 124 Å². The molecule has 0 atom stereocenters. The van der Waals surface area contributed by atoms with Crippen LogP contribution in [0.1, 0.15) is 47.2 Å². The van der Waals surface area contributed by atoms with Crippen LogP contribution in [0.2, 0.25) is 0 Å². The summed E-state index contributed by atoms with van der Waals surface area (Å²) in [7, 11) is 0. The van der Waals surface area contributed by atoms with Crippen molar-refractivity contribution in [2.24, 2.45) is 5.92 Å². The Hall–Kier alpha value is -1.31. The Bertz CT molecular complexity index is 504. The van der Waals surface area contributed by atoms with Crippen molar-refractivity contribution in [2.45, 2.75) is 32.6 Å². The molecule has 1 saturated heterocycles. The predicted molar refractivity (Wildman–Crippen MR) is 81.8 cm³/mol. The lowest BCUT2D eigenvalue weighted by Crippen LogP contribution is -2.38. The smallest absolute Gasteiger partial charge is 0.263 e. The standard InChI is InChI=1S/C16H21NO2S/c1-2-4-13-8-10-17(11-9-13)16(19)15-7-6-14(20-15)5-3-12-18/h6-7,13,18H,2,4,8-12H2,1H3. The van der Waals surface area contributed by atoms with E-state index in [-0.39, 0.29) is 12.5 Å². The number of aliphatic hydroxyl groups excluding tert-OH is 1. The Balaban J connectivity index is 1.93. The average molecular weight is 291 g/mol. The van der Waals surface area contributed by atoms with Gasteiger partial charge in [-0.2, -0.15) is 0 Å². The molecule has 0 bridgehead atoms. The molecule has 1 amide bonds. The third kappa shape index (κ3) is 3.84. The molecule has 1 aliphatic rings. The number of rotatable bonds is 3. The van der Waals surface area contributed by atoms with Gasteiger partial charge >= 0.3 is 0 Å². The third-order valence-corrected chi connectivity index (χ3v) is 4.69. The second-order valence-corrected chi connectivity index (χ2v) is 6.23. The van der Waals surface area contributed by atoms with Crippen LogP contribution in [0.4, 0.5) is 0 Å². The molecule has 3 nitrogen and oxygen atoms in total. The van der Waals surface area contributed by atoms with Crippen LogP contribution >= 0.6 is 11.3 Å². The van der Waals surface area contributed by atoms with Crippen LogP contribution in [0.3, 0.4) is 0 Å². The maximum absolute atomic E-state index is 12.4. The number of likely N-dealkylation sites (tertiary alicyclic amines) is 1. The summed E-state index contributed by atoms with van der Waals surface area (Å²) in [6.07, 6.45) is 4.77. The molecule has 0 saturated carbocycles. The Morgan fingerprint density at radius 2 is 2.20 bits per heavy atom. The molecule has 108 valence electrons. The van der Waals surface area contributed by atoms with Crippen molar-refractivity contribution < 1.29 is 9.90 Å². The summed E-state index contributed by atoms with van der Waals surface area (Å²) in [5.74, 6) is 6.37. The maximum atomic E-state index is 12.4. The van der Waals surface area contributed by atoms with E-state index < -0.39 is 0 Å². The van der Waals surface area contributed by atoms with Crippen molar-refractivity contribution >= 4 is 17.2 Å². The molecule has 4 heteroatoms. The highest BCUT2D eigenvalue weighted by molar-refractivity contribution is 7.14. The first kappa shape index (κ1) is 15.1. The maximum Gasteiger partial charge on any atom is 0.263 e. The number of carbonyl (C=O) groups excluding carboxylic acids is 1. The molecule has 0 unspecified atom stereocenters. The molecule has 1 aliphatic heterocycles. The van der Waals surface area contributed by atoms with E-state index in [1.54, 1.807) is 0 Å². The number of piperidine rings is 1. The van der Waals surface area contributed by atoms with Crippen LogP contribution in [-0.2, 0) is 0 Å². The van der Waals surface area contributed by atoms with Gasteiger partial charge in [0, 0.05) is 13.1 Å². The lowest BCUT2D eigenvalue weighted by atomic mass is 9.92. The van der Waals surface area contributed by atoms with Crippen LogP contribution in [0, 0.1) is 17.8 Å². The van der Waals surface area contributed by atoms with Gasteiger partial charge in [-0.15, -0.1) is 11.3 Å². The van der Waals surface area contributed by atoms with Crippen LogP contribution in [-0.4, -0.2) is 35.6 Å². The lowest BCUT2D eigenvalue weighted by molar-refractivity contribution is 0.0691. The molecule has 1 fully saturated rings. The highest BCUT2D eigenvalue weighted by Crippen LogP contribution is 2.24. The number of hydrogen-bond donors (Lipinski definition) is 1. The monoisotopic (exact) mass is 291 g/mol. The Morgan fingerprint density at radius 3 is 2.85 bits per heavy atom. The van der Waals surface area contributed by atoms with E-state index >= 15 is 0 Å². The van der Waals surface area contributed by atoms with Gasteiger partial charge < -0.3 is 10.0 Å². The lowest BCUT2D eigenvalue weighted by Gasteiger charge is -2.31. The molecule has 20 heavy (non-hydrogen) atoms. The van der Waals surface area contributed by atoms with Crippen LogP contribution in [0.5, 0.6) is 0 Å². The Morgan fingerprint density at radius 1 is 1.45 bits per heavy atom. The molecule has 1 N–H and O–H groups in total. The van der Waals surface area contributed by atoms with Gasteiger partial charge in [-0.1, -0.05) is 31.6 Å². The van der Waals surface area contributed by atoms with E-state index in [0.29, 0.717) is 0 Å². The zero-order valence-electron chi connectivity index (χ0n) is 11.9. The molecular weight excluding hydrogens is 270 g/mol. The predicted octanol–water partition coefficient (Wildman–Crippen LogP) is 2.74. The molecule has 1 aromatic rings. The quantitative estimate of drug-likeness (QED) is 0.870. The zero-order chi connectivity index (χ0) is 14.4. The van der Waals surface area contributed by atoms with Gasteiger partial charge in [-0.25, -0.2) is 0 Å². The summed E-state index contributed by atoms with van der Waals surface area (Å²) in [4.78, 5) is 15.9. The largest absolute Gasteiger partial charge is 0.384 e. The van der Waals surface area contributed by atoms with Crippen molar-refractivity contribution in [1.29, 1.82) is 0 Å². The van der Waals surface area contributed by atoms with Gasteiger partial charge in [0.05, 0.1) is 9.75 Å². The second-order valence-electron chi connectivity index (χ2n) is 5.15. The highest BCUT2D eigenvalue weighted by Gasteiger charge is 2.23. The van der Waals surface area contributed by atoms with Gasteiger partial charge in [0.25, 0.3) is 5.91 Å². The first-order valence-corrected chi connectivity index (χ1v) is 8.05. The minimum Gasteiger partial charge on any atom is -0.384 e. The number of carbonyl (C=O) groups is 1. The van der Waals surface area contributed by atoms with Gasteiger partial charge in [-0.3, -0.25) is 4.79 Å². The van der Waals surface area contributed by atoms with E-state index in [1.165, 1.54) is 24.2 Å². The van der Waals surface area contributed by atoms with Crippen molar-refractivity contribution in [2.75, 3.05) is 19.7 Å². The average Bonchev–Trinajstić information content (AvgIpc) is 2.94. The number of aliphatic hydroxyl groups is 1. The van der Waals surface area contributed by atoms with E-state index in [2.05, 4.69) is 18.8 Å². The van der Waals surface area contributed by atoms with Crippen LogP contribution < -0.4 is 0 Å². The summed E-state index contributed by atoms with van der Waals surface area (Å²) in [6.45, 7) is 3.82. The molecule has 0 spiro atoms. The van der Waals surface area contributed by atoms with E-state index in [0.717, 1.165) is 41.6 Å². The molecule has 1 aromatic heterocycles. The van der Waals surface area contributed by atoms with E-state index in [4.69, 9.17) is 5.11 Å². The fourth-order valence-corrected chi connectivity index (χ4v) is 3.48. The molecule has 0 aromatic carbocycles. The number of nitrogens with zero attached hydrogens (tertiary/aromatic N) is 1. The summed E-state index contributed by atoms with van der Waals surface area (Å²) in [5.41, 5.74) is 0. The van der Waals surface area contributed by atoms with Crippen molar-refractivity contribution in [3.05, 3.63) is 21.9 Å². The SMILES string of the molecule is CCCC1CCN(C(=O)c2ccc(C#CCO)s2)CC1. The molecule has 2 heterocycles. The topological polar surface area (TPSA) is 40.5 Å². The number of thiophene rings is 1. The van der Waals surface area contributed by atoms with E-state index in [9.17, 15) is 4.79 Å². The minimum absolute atomic E-state index is 0.127. The van der Waals surface area contributed by atoms with Gasteiger partial charge in [0.1, 0.15) is 6.61 Å². The van der Waals surface area contributed by atoms with Crippen molar-refractivity contribution in [3.63, 3.8) is 0 Å². The first-order chi connectivity index (χ1) is 9.74. The molecule has 2 rings (SSSR count). The highest BCUT2D eigenvalue weighted by atomic mass is 32.1. The first-order valence-electron chi connectivity index (χ1n) is 7.23. The van der Waals surface area contributed by atoms with Crippen LogP contribution in [0.15, 0.2) is 12.1 Å². The minimum atomic E-state index is -0.147. The summed E-state index contributed by atoms with van der Waals surface area (Å²) in [6, 6.07) is 3.69. The molecule has 0 aliphatic carbocycles. The zero-order valence-corrected chi connectivity index (χ0v) is 12.7. The van der Waals surface area contributed by atoms with Crippen molar-refractivity contribution in [1.82, 2.24) is 4.90 Å². The second kappa shape index (κ2) is 7.47. The van der Waals surface area contributed by atoms with Crippen molar-refractivity contribution in [3.8, 4) is 11.8 Å². The van der Waals surface area contributed by atoms with E-state index in [1.807, 2.05) is 17.0 Å². The summed E-state index contributed by atoms with van der Waals surface area (Å²) < 4.78 is 0. The third-order valence-electron chi connectivity index (χ3n) is 3.71.